The van der Waals surface area contributed by atoms with Gasteiger partial charge in [0.05, 0.1) is 31.8 Å². The monoisotopic (exact) mass is 408 g/mol. The molecule has 0 atom stereocenters. The third kappa shape index (κ3) is 3.71. The highest BCUT2D eigenvalue weighted by Gasteiger charge is 2.37. The van der Waals surface area contributed by atoms with E-state index in [9.17, 15) is 22.8 Å². The molecule has 0 unspecified atom stereocenters. The third-order valence-corrected chi connectivity index (χ3v) is 5.17. The van der Waals surface area contributed by atoms with Crippen LogP contribution < -0.4 is 5.32 Å². The highest BCUT2D eigenvalue weighted by Crippen LogP contribution is 2.32. The van der Waals surface area contributed by atoms with Crippen molar-refractivity contribution in [3.8, 4) is 0 Å². The number of amides is 2. The standard InChI is InChI=1S/C19H19F3N4O3/c1-19(8-29-9-19)6-15(27)17-14-7-25(2-3-26(14)10-23-17)18(28)24-11-4-12(20)16(22)13(21)5-11/h4-5,10H,2-3,6-9H2,1H3,(H,24,28). The summed E-state index contributed by atoms with van der Waals surface area (Å²) in [4.78, 5) is 30.8. The van der Waals surface area contributed by atoms with E-state index in [4.69, 9.17) is 4.74 Å². The number of nitrogens with zero attached hydrogens (tertiary/aromatic N) is 3. The van der Waals surface area contributed by atoms with Crippen molar-refractivity contribution in [2.75, 3.05) is 25.1 Å². The van der Waals surface area contributed by atoms with Gasteiger partial charge in [-0.1, -0.05) is 6.92 Å². The number of nitrogens with one attached hydrogen (secondary N) is 1. The molecule has 29 heavy (non-hydrogen) atoms. The van der Waals surface area contributed by atoms with Gasteiger partial charge >= 0.3 is 6.03 Å². The molecule has 7 nitrogen and oxygen atoms in total. The number of hydrogen-bond donors (Lipinski definition) is 1. The van der Waals surface area contributed by atoms with Gasteiger partial charge in [-0.3, -0.25) is 4.79 Å². The average molecular weight is 408 g/mol. The lowest BCUT2D eigenvalue weighted by atomic mass is 9.82. The van der Waals surface area contributed by atoms with Crippen LogP contribution in [0.15, 0.2) is 18.5 Å². The number of anilines is 1. The first-order valence-corrected chi connectivity index (χ1v) is 9.11. The number of Topliss-reactive ketones (excluding diaryl/α,β-unsaturated/α-hetero) is 1. The van der Waals surface area contributed by atoms with E-state index < -0.39 is 23.5 Å². The van der Waals surface area contributed by atoms with Crippen molar-refractivity contribution in [1.82, 2.24) is 14.5 Å². The molecule has 3 heterocycles. The summed E-state index contributed by atoms with van der Waals surface area (Å²) in [5.74, 6) is -4.50. The molecule has 0 spiro atoms. The highest BCUT2D eigenvalue weighted by molar-refractivity contribution is 5.96. The number of aromatic nitrogens is 2. The van der Waals surface area contributed by atoms with Crippen LogP contribution in [0.2, 0.25) is 0 Å². The molecule has 0 aliphatic carbocycles. The lowest BCUT2D eigenvalue weighted by Gasteiger charge is -2.37. The van der Waals surface area contributed by atoms with Crippen molar-refractivity contribution in [2.24, 2.45) is 5.41 Å². The van der Waals surface area contributed by atoms with Gasteiger partial charge in [-0.2, -0.15) is 0 Å². The van der Waals surface area contributed by atoms with E-state index in [0.717, 1.165) is 0 Å². The van der Waals surface area contributed by atoms with Crippen LogP contribution >= 0.6 is 0 Å². The van der Waals surface area contributed by atoms with Crippen LogP contribution in [0.25, 0.3) is 0 Å². The van der Waals surface area contributed by atoms with E-state index in [0.29, 0.717) is 56.2 Å². The molecule has 1 fully saturated rings. The van der Waals surface area contributed by atoms with E-state index in [2.05, 4.69) is 10.3 Å². The second-order valence-electron chi connectivity index (χ2n) is 7.74. The number of carbonyl (C=O) groups is 2. The second-order valence-corrected chi connectivity index (χ2v) is 7.74. The first kappa shape index (κ1) is 19.4. The Morgan fingerprint density at radius 3 is 2.52 bits per heavy atom. The Bertz CT molecular complexity index is 964. The predicted molar refractivity (Wildman–Crippen MR) is 95.8 cm³/mol. The van der Waals surface area contributed by atoms with Crippen molar-refractivity contribution in [3.63, 3.8) is 0 Å². The van der Waals surface area contributed by atoms with E-state index in [1.54, 1.807) is 6.33 Å². The zero-order chi connectivity index (χ0) is 20.8. The number of hydrogen-bond acceptors (Lipinski definition) is 4. The van der Waals surface area contributed by atoms with Crippen LogP contribution in [-0.4, -0.2) is 46.0 Å². The molecule has 2 aliphatic heterocycles. The lowest BCUT2D eigenvalue weighted by molar-refractivity contribution is -0.0997. The van der Waals surface area contributed by atoms with E-state index in [-0.39, 0.29) is 23.4 Å². The largest absolute Gasteiger partial charge is 0.380 e. The molecule has 1 aromatic carbocycles. The molecule has 4 rings (SSSR count). The first-order chi connectivity index (χ1) is 13.8. The fraction of sp³-hybridized carbons (Fsp3) is 0.421. The Morgan fingerprint density at radius 1 is 1.21 bits per heavy atom. The number of carbonyl (C=O) groups excluding carboxylic acids is 2. The molecule has 154 valence electrons. The van der Waals surface area contributed by atoms with Crippen molar-refractivity contribution >= 4 is 17.5 Å². The predicted octanol–water partition coefficient (Wildman–Crippen LogP) is 2.96. The Morgan fingerprint density at radius 2 is 1.90 bits per heavy atom. The number of fused-ring (bicyclic) bond motifs is 1. The number of imidazole rings is 1. The zero-order valence-electron chi connectivity index (χ0n) is 15.7. The Balaban J connectivity index is 1.47. The highest BCUT2D eigenvalue weighted by atomic mass is 19.2. The average Bonchev–Trinajstić information content (AvgIpc) is 3.08. The first-order valence-electron chi connectivity index (χ1n) is 9.11. The molecule has 1 aromatic heterocycles. The molecule has 2 amide bonds. The summed E-state index contributed by atoms with van der Waals surface area (Å²) in [5, 5.41) is 2.36. The van der Waals surface area contributed by atoms with Crippen LogP contribution in [0, 0.1) is 22.9 Å². The number of benzene rings is 1. The molecule has 0 bridgehead atoms. The van der Waals surface area contributed by atoms with Gasteiger partial charge in [0.25, 0.3) is 0 Å². The van der Waals surface area contributed by atoms with Crippen molar-refractivity contribution in [3.05, 3.63) is 47.3 Å². The molecular formula is C19H19F3N4O3. The molecule has 0 saturated carbocycles. The maximum Gasteiger partial charge on any atom is 0.322 e. The molecule has 1 saturated heterocycles. The molecule has 2 aromatic rings. The van der Waals surface area contributed by atoms with Crippen molar-refractivity contribution < 1.29 is 27.5 Å². The minimum Gasteiger partial charge on any atom is -0.380 e. The van der Waals surface area contributed by atoms with Gasteiger partial charge in [-0.05, 0) is 0 Å². The van der Waals surface area contributed by atoms with Crippen LogP contribution in [0.5, 0.6) is 0 Å². The molecule has 2 aliphatic rings. The minimum absolute atomic E-state index is 0.116. The van der Waals surface area contributed by atoms with Gasteiger partial charge in [0.1, 0.15) is 5.69 Å². The zero-order valence-corrected chi connectivity index (χ0v) is 15.7. The summed E-state index contributed by atoms with van der Waals surface area (Å²) in [6, 6.07) is 0.808. The fourth-order valence-corrected chi connectivity index (χ4v) is 3.51. The SMILES string of the molecule is CC1(CC(=O)c2ncn3c2CN(C(=O)Nc2cc(F)c(F)c(F)c2)CC3)COC1. The Hall–Kier alpha value is -2.88. The molecule has 10 heteroatoms. The second kappa shape index (κ2) is 7.18. The topological polar surface area (TPSA) is 76.5 Å². The maximum absolute atomic E-state index is 13.4. The van der Waals surface area contributed by atoms with E-state index >= 15 is 0 Å². The van der Waals surface area contributed by atoms with E-state index in [1.165, 1.54) is 4.90 Å². The number of ketones is 1. The third-order valence-electron chi connectivity index (χ3n) is 5.17. The van der Waals surface area contributed by atoms with Gasteiger partial charge in [-0.25, -0.2) is 22.9 Å². The smallest absolute Gasteiger partial charge is 0.322 e. The summed E-state index contributed by atoms with van der Waals surface area (Å²) in [7, 11) is 0. The summed E-state index contributed by atoms with van der Waals surface area (Å²) in [6.07, 6.45) is 1.87. The molecule has 1 N–H and O–H groups in total. The number of ether oxygens (including phenoxy) is 1. The van der Waals surface area contributed by atoms with Gasteiger partial charge < -0.3 is 19.5 Å². The summed E-state index contributed by atoms with van der Waals surface area (Å²) in [5.41, 5.74) is 0.529. The molecular weight excluding hydrogens is 389 g/mol. The van der Waals surface area contributed by atoms with Crippen molar-refractivity contribution in [1.29, 1.82) is 0 Å². The van der Waals surface area contributed by atoms with Crippen LogP contribution in [0.4, 0.5) is 23.7 Å². The van der Waals surface area contributed by atoms with Crippen molar-refractivity contribution in [2.45, 2.75) is 26.4 Å². The normalized spacial score (nSPS) is 17.4. The number of urea groups is 1. The summed E-state index contributed by atoms with van der Waals surface area (Å²) in [6.45, 7) is 3.88. The van der Waals surface area contributed by atoms with Crippen LogP contribution in [0.1, 0.15) is 29.5 Å². The summed E-state index contributed by atoms with van der Waals surface area (Å²) >= 11 is 0. The van der Waals surface area contributed by atoms with Gasteiger partial charge in [0, 0.05) is 42.7 Å². The summed E-state index contributed by atoms with van der Waals surface area (Å²) < 4.78 is 46.8. The number of rotatable bonds is 4. The Labute approximate surface area is 164 Å². The quantitative estimate of drug-likeness (QED) is 0.624. The van der Waals surface area contributed by atoms with E-state index in [1.807, 2.05) is 11.5 Å². The maximum atomic E-state index is 13.4. The minimum atomic E-state index is -1.60. The van der Waals surface area contributed by atoms with Gasteiger partial charge in [0.2, 0.25) is 0 Å². The number of halogens is 3. The molecule has 0 radical (unpaired) electrons. The Kier molecular flexibility index (Phi) is 4.81. The lowest BCUT2D eigenvalue weighted by Crippen LogP contribution is -2.42. The van der Waals surface area contributed by atoms with Gasteiger partial charge in [0.15, 0.2) is 23.2 Å². The fourth-order valence-electron chi connectivity index (χ4n) is 3.51. The van der Waals surface area contributed by atoms with Crippen LogP contribution in [-0.2, 0) is 17.8 Å². The van der Waals surface area contributed by atoms with Gasteiger partial charge in [-0.15, -0.1) is 0 Å². The van der Waals surface area contributed by atoms with Crippen LogP contribution in [0.3, 0.4) is 0 Å².